The van der Waals surface area contributed by atoms with Crippen LogP contribution in [-0.4, -0.2) is 61.0 Å². The van der Waals surface area contributed by atoms with Crippen molar-refractivity contribution in [3.05, 3.63) is 71.3 Å². The van der Waals surface area contributed by atoms with Crippen LogP contribution < -0.4 is 5.32 Å². The summed E-state index contributed by atoms with van der Waals surface area (Å²) in [7, 11) is 0. The second-order valence-electron chi connectivity index (χ2n) is 9.06. The van der Waals surface area contributed by atoms with Gasteiger partial charge in [-0.1, -0.05) is 54.6 Å². The Bertz CT molecular complexity index is 887. The van der Waals surface area contributed by atoms with Gasteiger partial charge in [0.15, 0.2) is 0 Å². The van der Waals surface area contributed by atoms with E-state index in [4.69, 9.17) is 4.74 Å². The Balaban J connectivity index is 1.15. The third-order valence-corrected chi connectivity index (χ3v) is 6.69. The molecular weight excluding hydrogens is 414 g/mol. The molecule has 33 heavy (non-hydrogen) atoms. The molecule has 0 unspecified atom stereocenters. The summed E-state index contributed by atoms with van der Waals surface area (Å²) in [4.78, 5) is 29.5. The Morgan fingerprint density at radius 1 is 0.848 bits per heavy atom. The van der Waals surface area contributed by atoms with E-state index in [1.54, 1.807) is 0 Å². The van der Waals surface area contributed by atoms with Crippen LogP contribution in [0.1, 0.15) is 36.0 Å². The lowest BCUT2D eigenvalue weighted by Gasteiger charge is -2.31. The van der Waals surface area contributed by atoms with E-state index in [-0.39, 0.29) is 17.7 Å². The van der Waals surface area contributed by atoms with Crippen molar-refractivity contribution in [2.45, 2.75) is 38.8 Å². The molecule has 2 aliphatic rings. The number of carbonyl (C=O) groups is 2. The number of aryl methyl sites for hydroxylation is 1. The number of ether oxygens (including phenoxy) is 1. The SMILES string of the molecule is O=C(NCc1ccc(CN2CCOCC2)cc1)C1CCN(C(=O)CCc2ccccc2)CC1. The third-order valence-electron chi connectivity index (χ3n) is 6.69. The molecule has 2 heterocycles. The van der Waals surface area contributed by atoms with Crippen LogP contribution in [-0.2, 0) is 33.8 Å². The van der Waals surface area contributed by atoms with Crippen molar-refractivity contribution < 1.29 is 14.3 Å². The number of benzene rings is 2. The first-order valence-electron chi connectivity index (χ1n) is 12.1. The lowest BCUT2D eigenvalue weighted by atomic mass is 9.95. The molecule has 2 saturated heterocycles. The number of hydrogen-bond donors (Lipinski definition) is 1. The summed E-state index contributed by atoms with van der Waals surface area (Å²) in [5.41, 5.74) is 3.59. The Morgan fingerprint density at radius 2 is 1.52 bits per heavy atom. The van der Waals surface area contributed by atoms with Gasteiger partial charge in [0.1, 0.15) is 0 Å². The largest absolute Gasteiger partial charge is 0.379 e. The standard InChI is InChI=1S/C27H35N3O3/c31-26(11-10-22-4-2-1-3-5-22)30-14-12-25(13-15-30)27(32)28-20-23-6-8-24(9-7-23)21-29-16-18-33-19-17-29/h1-9,25H,10-21H2,(H,28,32). The van der Waals surface area contributed by atoms with Gasteiger partial charge in [-0.25, -0.2) is 0 Å². The Kier molecular flexibility index (Phi) is 8.50. The number of rotatable bonds is 8. The molecule has 2 amide bonds. The number of amides is 2. The van der Waals surface area contributed by atoms with Crippen molar-refractivity contribution in [3.63, 3.8) is 0 Å². The van der Waals surface area contributed by atoms with Crippen molar-refractivity contribution in [2.24, 2.45) is 5.92 Å². The van der Waals surface area contributed by atoms with E-state index in [0.29, 0.717) is 26.1 Å². The van der Waals surface area contributed by atoms with Crippen LogP contribution in [0.3, 0.4) is 0 Å². The monoisotopic (exact) mass is 449 g/mol. The Morgan fingerprint density at radius 3 is 2.21 bits per heavy atom. The summed E-state index contributed by atoms with van der Waals surface area (Å²) in [5.74, 6) is 0.280. The zero-order valence-corrected chi connectivity index (χ0v) is 19.4. The molecule has 2 fully saturated rings. The van der Waals surface area contributed by atoms with Crippen LogP contribution in [0.15, 0.2) is 54.6 Å². The molecule has 0 aliphatic carbocycles. The molecule has 0 spiro atoms. The molecule has 0 radical (unpaired) electrons. The molecular formula is C27H35N3O3. The second kappa shape index (κ2) is 12.0. The summed E-state index contributed by atoms with van der Waals surface area (Å²) in [6.07, 6.45) is 2.77. The molecule has 0 bridgehead atoms. The first-order chi connectivity index (χ1) is 16.2. The molecule has 6 heteroatoms. The smallest absolute Gasteiger partial charge is 0.223 e. The fourth-order valence-corrected chi connectivity index (χ4v) is 4.56. The molecule has 0 saturated carbocycles. The van der Waals surface area contributed by atoms with E-state index in [1.165, 1.54) is 11.1 Å². The highest BCUT2D eigenvalue weighted by Gasteiger charge is 2.27. The van der Waals surface area contributed by atoms with Gasteiger partial charge < -0.3 is 15.0 Å². The predicted molar refractivity (Wildman–Crippen MR) is 128 cm³/mol. The lowest BCUT2D eigenvalue weighted by Crippen LogP contribution is -2.43. The van der Waals surface area contributed by atoms with E-state index < -0.39 is 0 Å². The molecule has 2 aromatic carbocycles. The maximum atomic E-state index is 12.7. The van der Waals surface area contributed by atoms with Gasteiger partial charge in [0.2, 0.25) is 11.8 Å². The molecule has 2 aliphatic heterocycles. The van der Waals surface area contributed by atoms with E-state index in [1.807, 2.05) is 23.1 Å². The normalized spacial score (nSPS) is 17.6. The minimum absolute atomic E-state index is 0.0104. The quantitative estimate of drug-likeness (QED) is 0.673. The minimum atomic E-state index is -0.0104. The molecule has 1 N–H and O–H groups in total. The van der Waals surface area contributed by atoms with Crippen LogP contribution in [0.4, 0.5) is 0 Å². The van der Waals surface area contributed by atoms with Crippen LogP contribution >= 0.6 is 0 Å². The van der Waals surface area contributed by atoms with Gasteiger partial charge in [0.25, 0.3) is 0 Å². The number of nitrogens with zero attached hydrogens (tertiary/aromatic N) is 2. The molecule has 176 valence electrons. The first-order valence-corrected chi connectivity index (χ1v) is 12.1. The van der Waals surface area contributed by atoms with Gasteiger partial charge in [-0.2, -0.15) is 0 Å². The van der Waals surface area contributed by atoms with Crippen molar-refractivity contribution in [1.29, 1.82) is 0 Å². The van der Waals surface area contributed by atoms with Gasteiger partial charge >= 0.3 is 0 Å². The summed E-state index contributed by atoms with van der Waals surface area (Å²) in [6.45, 7) is 6.41. The average molecular weight is 450 g/mol. The van der Waals surface area contributed by atoms with Gasteiger partial charge in [-0.05, 0) is 36.0 Å². The molecule has 0 atom stereocenters. The Hall–Kier alpha value is -2.70. The number of hydrogen-bond acceptors (Lipinski definition) is 4. The van der Waals surface area contributed by atoms with Crippen LogP contribution in [0.25, 0.3) is 0 Å². The number of piperidine rings is 1. The maximum absolute atomic E-state index is 12.7. The fourth-order valence-electron chi connectivity index (χ4n) is 4.56. The highest BCUT2D eigenvalue weighted by Crippen LogP contribution is 2.19. The van der Waals surface area contributed by atoms with Crippen molar-refractivity contribution in [3.8, 4) is 0 Å². The number of likely N-dealkylation sites (tertiary alicyclic amines) is 1. The van der Waals surface area contributed by atoms with Crippen LogP contribution in [0.5, 0.6) is 0 Å². The second-order valence-corrected chi connectivity index (χ2v) is 9.06. The molecule has 4 rings (SSSR count). The highest BCUT2D eigenvalue weighted by molar-refractivity contribution is 5.80. The average Bonchev–Trinajstić information content (AvgIpc) is 2.88. The molecule has 2 aromatic rings. The summed E-state index contributed by atoms with van der Waals surface area (Å²) in [6, 6.07) is 18.6. The number of nitrogens with one attached hydrogen (secondary N) is 1. The van der Waals surface area contributed by atoms with Gasteiger partial charge in [0.05, 0.1) is 13.2 Å². The van der Waals surface area contributed by atoms with Crippen LogP contribution in [0.2, 0.25) is 0 Å². The maximum Gasteiger partial charge on any atom is 0.223 e. The van der Waals surface area contributed by atoms with Crippen molar-refractivity contribution in [2.75, 3.05) is 39.4 Å². The van der Waals surface area contributed by atoms with Crippen LogP contribution in [0, 0.1) is 5.92 Å². The lowest BCUT2D eigenvalue weighted by molar-refractivity contribution is -0.135. The first kappa shape index (κ1) is 23.5. The van der Waals surface area contributed by atoms with E-state index in [2.05, 4.69) is 46.6 Å². The topological polar surface area (TPSA) is 61.9 Å². The predicted octanol–water partition coefficient (Wildman–Crippen LogP) is 3.01. The van der Waals surface area contributed by atoms with Gasteiger partial charge in [-0.15, -0.1) is 0 Å². The third kappa shape index (κ3) is 7.14. The van der Waals surface area contributed by atoms with Gasteiger partial charge in [0, 0.05) is 51.6 Å². The van der Waals surface area contributed by atoms with Crippen molar-refractivity contribution >= 4 is 11.8 Å². The summed E-state index contributed by atoms with van der Waals surface area (Å²) < 4.78 is 5.40. The zero-order chi connectivity index (χ0) is 22.9. The fraction of sp³-hybridized carbons (Fsp3) is 0.481. The summed E-state index contributed by atoms with van der Waals surface area (Å²) >= 11 is 0. The minimum Gasteiger partial charge on any atom is -0.379 e. The summed E-state index contributed by atoms with van der Waals surface area (Å²) in [5, 5.41) is 3.09. The Labute approximate surface area is 196 Å². The van der Waals surface area contributed by atoms with E-state index >= 15 is 0 Å². The van der Waals surface area contributed by atoms with Crippen molar-refractivity contribution in [1.82, 2.24) is 15.1 Å². The highest BCUT2D eigenvalue weighted by atomic mass is 16.5. The van der Waals surface area contributed by atoms with E-state index in [9.17, 15) is 9.59 Å². The van der Waals surface area contributed by atoms with E-state index in [0.717, 1.165) is 57.7 Å². The number of carbonyl (C=O) groups excluding carboxylic acids is 2. The molecule has 6 nitrogen and oxygen atoms in total. The zero-order valence-electron chi connectivity index (χ0n) is 19.4. The molecule has 0 aromatic heterocycles. The number of morpholine rings is 1. The van der Waals surface area contributed by atoms with Gasteiger partial charge in [-0.3, -0.25) is 14.5 Å².